The van der Waals surface area contributed by atoms with Crippen molar-refractivity contribution in [1.29, 1.82) is 0 Å². The molecule has 0 aromatic heterocycles. The van der Waals surface area contributed by atoms with E-state index in [1.165, 1.54) is 0 Å². The number of anilines is 1. The standard InChI is InChI=1S/C16H12BrCl4N3OS/c17-10-3-1-2-9(8-10)13(25)23-14(16(19,20)21)24-15(26)22-12-6-4-11(18)5-7-12/h1-8,14H,(H,23,25)(H2,22,24,26). The Hall–Kier alpha value is -0.760. The molecule has 0 aliphatic rings. The SMILES string of the molecule is O=C(NC(NC(=S)Nc1ccc(Cl)cc1)C(Cl)(Cl)Cl)c1cccc(Br)c1. The largest absolute Gasteiger partial charge is 0.339 e. The quantitative estimate of drug-likeness (QED) is 0.285. The number of nitrogens with one attached hydrogen (secondary N) is 3. The molecule has 0 heterocycles. The second-order valence-electron chi connectivity index (χ2n) is 5.06. The van der Waals surface area contributed by atoms with E-state index in [1.807, 2.05) is 0 Å². The molecule has 138 valence electrons. The minimum atomic E-state index is -1.84. The van der Waals surface area contributed by atoms with Crippen LogP contribution in [0.4, 0.5) is 5.69 Å². The maximum Gasteiger partial charge on any atom is 0.253 e. The number of rotatable bonds is 4. The van der Waals surface area contributed by atoms with E-state index in [4.69, 9.17) is 58.6 Å². The zero-order chi connectivity index (χ0) is 19.3. The van der Waals surface area contributed by atoms with E-state index in [-0.39, 0.29) is 5.11 Å². The summed E-state index contributed by atoms with van der Waals surface area (Å²) in [5, 5.41) is 9.07. The molecule has 0 spiro atoms. The fourth-order valence-electron chi connectivity index (χ4n) is 1.88. The lowest BCUT2D eigenvalue weighted by molar-refractivity contribution is 0.0934. The van der Waals surface area contributed by atoms with Gasteiger partial charge in [-0.25, -0.2) is 0 Å². The summed E-state index contributed by atoms with van der Waals surface area (Å²) < 4.78 is -1.09. The number of carbonyl (C=O) groups excluding carboxylic acids is 1. The fourth-order valence-corrected chi connectivity index (χ4v) is 2.96. The van der Waals surface area contributed by atoms with Gasteiger partial charge in [-0.15, -0.1) is 0 Å². The van der Waals surface area contributed by atoms with E-state index in [0.717, 1.165) is 4.47 Å². The van der Waals surface area contributed by atoms with Crippen molar-refractivity contribution in [2.24, 2.45) is 0 Å². The molecule has 0 saturated carbocycles. The molecule has 2 aromatic carbocycles. The third-order valence-corrected chi connectivity index (χ3v) is 4.69. The third kappa shape index (κ3) is 6.76. The van der Waals surface area contributed by atoms with Crippen LogP contribution in [-0.2, 0) is 0 Å². The lowest BCUT2D eigenvalue weighted by atomic mass is 10.2. The van der Waals surface area contributed by atoms with E-state index < -0.39 is 15.9 Å². The van der Waals surface area contributed by atoms with Gasteiger partial charge in [0, 0.05) is 20.7 Å². The molecule has 4 nitrogen and oxygen atoms in total. The average Bonchev–Trinajstić information content (AvgIpc) is 2.55. The molecule has 1 unspecified atom stereocenters. The summed E-state index contributed by atoms with van der Waals surface area (Å²) in [6, 6.07) is 13.7. The van der Waals surface area contributed by atoms with Crippen LogP contribution in [0.5, 0.6) is 0 Å². The zero-order valence-corrected chi connectivity index (χ0v) is 18.3. The minimum Gasteiger partial charge on any atom is -0.339 e. The third-order valence-electron chi connectivity index (χ3n) is 3.07. The molecule has 26 heavy (non-hydrogen) atoms. The first-order chi connectivity index (χ1) is 12.1. The molecule has 1 atom stereocenters. The van der Waals surface area contributed by atoms with Crippen molar-refractivity contribution in [2.45, 2.75) is 9.96 Å². The smallest absolute Gasteiger partial charge is 0.253 e. The number of halogens is 5. The number of carbonyl (C=O) groups is 1. The summed E-state index contributed by atoms with van der Waals surface area (Å²) in [4.78, 5) is 12.4. The molecule has 0 bridgehead atoms. The Morgan fingerprint density at radius 1 is 1.08 bits per heavy atom. The summed E-state index contributed by atoms with van der Waals surface area (Å²) >= 11 is 32.3. The van der Waals surface area contributed by atoms with Gasteiger partial charge in [-0.2, -0.15) is 0 Å². The Morgan fingerprint density at radius 3 is 2.31 bits per heavy atom. The van der Waals surface area contributed by atoms with Gasteiger partial charge in [0.2, 0.25) is 3.79 Å². The van der Waals surface area contributed by atoms with E-state index in [0.29, 0.717) is 16.3 Å². The van der Waals surface area contributed by atoms with Crippen molar-refractivity contribution in [3.05, 3.63) is 63.6 Å². The maximum atomic E-state index is 12.4. The Bertz CT molecular complexity index is 799. The van der Waals surface area contributed by atoms with Crippen LogP contribution in [0.1, 0.15) is 10.4 Å². The second-order valence-corrected chi connectivity index (χ2v) is 9.19. The Labute approximate surface area is 184 Å². The number of benzene rings is 2. The molecule has 10 heteroatoms. The van der Waals surface area contributed by atoms with E-state index in [2.05, 4.69) is 31.9 Å². The molecule has 0 aliphatic heterocycles. The molecule has 0 aliphatic carbocycles. The predicted octanol–water partition coefficient (Wildman–Crippen LogP) is 5.52. The molecule has 0 saturated heterocycles. The van der Waals surface area contributed by atoms with Gasteiger partial charge in [0.05, 0.1) is 0 Å². The topological polar surface area (TPSA) is 53.2 Å². The van der Waals surface area contributed by atoms with Crippen LogP contribution >= 0.6 is 74.6 Å². The van der Waals surface area contributed by atoms with Gasteiger partial charge < -0.3 is 16.0 Å². The first kappa shape index (κ1) is 21.5. The fraction of sp³-hybridized carbons (Fsp3) is 0.125. The van der Waals surface area contributed by atoms with Crippen molar-refractivity contribution < 1.29 is 4.79 Å². The highest BCUT2D eigenvalue weighted by atomic mass is 79.9. The minimum absolute atomic E-state index is 0.165. The molecule has 0 radical (unpaired) electrons. The normalized spacial score (nSPS) is 12.2. The number of thiocarbonyl (C=S) groups is 1. The van der Waals surface area contributed by atoms with Gasteiger partial charge in [-0.05, 0) is 54.7 Å². The maximum absolute atomic E-state index is 12.4. The molecule has 0 fully saturated rings. The van der Waals surface area contributed by atoms with E-state index in [9.17, 15) is 4.79 Å². The first-order valence-corrected chi connectivity index (χ1v) is 9.83. The predicted molar refractivity (Wildman–Crippen MR) is 116 cm³/mol. The van der Waals surface area contributed by atoms with E-state index >= 15 is 0 Å². The highest BCUT2D eigenvalue weighted by Gasteiger charge is 2.34. The van der Waals surface area contributed by atoms with Crippen molar-refractivity contribution >= 4 is 91.3 Å². The first-order valence-electron chi connectivity index (χ1n) is 7.11. The number of alkyl halides is 3. The van der Waals surface area contributed by atoms with Crippen LogP contribution in [0.15, 0.2) is 53.0 Å². The van der Waals surface area contributed by atoms with Crippen LogP contribution < -0.4 is 16.0 Å². The number of hydrogen-bond acceptors (Lipinski definition) is 2. The molecule has 2 aromatic rings. The Morgan fingerprint density at radius 2 is 1.73 bits per heavy atom. The van der Waals surface area contributed by atoms with Crippen LogP contribution in [0.3, 0.4) is 0 Å². The highest BCUT2D eigenvalue weighted by molar-refractivity contribution is 9.10. The van der Waals surface area contributed by atoms with E-state index in [1.54, 1.807) is 48.5 Å². The summed E-state index contributed by atoms with van der Waals surface area (Å²) in [6.45, 7) is 0. The van der Waals surface area contributed by atoms with Crippen molar-refractivity contribution in [1.82, 2.24) is 10.6 Å². The van der Waals surface area contributed by atoms with Gasteiger partial charge in [0.25, 0.3) is 5.91 Å². The van der Waals surface area contributed by atoms with Crippen LogP contribution in [0.2, 0.25) is 5.02 Å². The highest BCUT2D eigenvalue weighted by Crippen LogP contribution is 2.29. The van der Waals surface area contributed by atoms with Gasteiger partial charge in [-0.1, -0.05) is 68.4 Å². The molecular formula is C16H12BrCl4N3OS. The Kier molecular flexibility index (Phi) is 7.82. The lowest BCUT2D eigenvalue weighted by Gasteiger charge is -2.27. The van der Waals surface area contributed by atoms with Crippen LogP contribution in [0, 0.1) is 0 Å². The average molecular weight is 516 g/mol. The zero-order valence-electron chi connectivity index (χ0n) is 12.9. The van der Waals surface area contributed by atoms with Gasteiger partial charge in [-0.3, -0.25) is 4.79 Å². The van der Waals surface area contributed by atoms with Crippen molar-refractivity contribution in [3.63, 3.8) is 0 Å². The molecular weight excluding hydrogens is 504 g/mol. The second kappa shape index (κ2) is 9.44. The Balaban J connectivity index is 2.06. The van der Waals surface area contributed by atoms with Crippen molar-refractivity contribution in [2.75, 3.05) is 5.32 Å². The summed E-state index contributed by atoms with van der Waals surface area (Å²) in [5.41, 5.74) is 1.09. The van der Waals surface area contributed by atoms with Crippen molar-refractivity contribution in [3.8, 4) is 0 Å². The van der Waals surface area contributed by atoms with Crippen LogP contribution in [-0.4, -0.2) is 21.0 Å². The molecule has 2 rings (SSSR count). The van der Waals surface area contributed by atoms with Crippen LogP contribution in [0.25, 0.3) is 0 Å². The van der Waals surface area contributed by atoms with Gasteiger partial charge >= 0.3 is 0 Å². The van der Waals surface area contributed by atoms with Gasteiger partial charge in [0.1, 0.15) is 6.17 Å². The monoisotopic (exact) mass is 513 g/mol. The van der Waals surface area contributed by atoms with Gasteiger partial charge in [0.15, 0.2) is 5.11 Å². The lowest BCUT2D eigenvalue weighted by Crippen LogP contribution is -2.56. The number of amides is 1. The molecule has 3 N–H and O–H groups in total. The summed E-state index contributed by atoms with van der Waals surface area (Å²) in [7, 11) is 0. The molecule has 1 amide bonds. The summed E-state index contributed by atoms with van der Waals surface area (Å²) in [5.74, 6) is -0.426. The number of hydrogen-bond donors (Lipinski definition) is 3. The summed E-state index contributed by atoms with van der Waals surface area (Å²) in [6.07, 6.45) is -1.06.